The average Bonchev–Trinajstić information content (AvgIpc) is 3.20. The number of hydrogen-bond acceptors (Lipinski definition) is 4. The van der Waals surface area contributed by atoms with E-state index in [1.807, 2.05) is 4.57 Å². The predicted octanol–water partition coefficient (Wildman–Crippen LogP) is 2.97. The van der Waals surface area contributed by atoms with Crippen molar-refractivity contribution in [2.75, 3.05) is 4.72 Å². The molecule has 6 nitrogen and oxygen atoms in total. The van der Waals surface area contributed by atoms with E-state index >= 15 is 0 Å². The largest absolute Gasteiger partial charge is 0.311 e. The quantitative estimate of drug-likeness (QED) is 0.760. The van der Waals surface area contributed by atoms with Crippen LogP contribution in [-0.2, 0) is 23.0 Å². The summed E-state index contributed by atoms with van der Waals surface area (Å²) >= 11 is 0. The minimum absolute atomic E-state index is 0.224. The zero-order valence-corrected chi connectivity index (χ0v) is 14.3. The molecule has 0 amide bonds. The first kappa shape index (κ1) is 16.6. The monoisotopic (exact) mass is 376 g/mol. The Morgan fingerprint density at radius 3 is 2.77 bits per heavy atom. The van der Waals surface area contributed by atoms with E-state index in [-0.39, 0.29) is 5.69 Å². The Kier molecular flexibility index (Phi) is 3.95. The first-order chi connectivity index (χ1) is 12.4. The lowest BCUT2D eigenvalue weighted by atomic mass is 10.2. The van der Waals surface area contributed by atoms with E-state index in [1.54, 1.807) is 18.2 Å². The van der Waals surface area contributed by atoms with Gasteiger partial charge in [0.1, 0.15) is 22.4 Å². The standard InChI is InChI=1S/C17H14F2N4O2S/c18-12-6-7-14(19)15(10-12)26(24,25)22-13-4-1-3-11(9-13)17-21-20-16-5-2-8-23(16)17/h1,3-4,6-7,9-10,22H,2,5,8H2. The van der Waals surface area contributed by atoms with Gasteiger partial charge in [-0.2, -0.15) is 0 Å². The molecule has 0 radical (unpaired) electrons. The topological polar surface area (TPSA) is 76.9 Å². The predicted molar refractivity (Wildman–Crippen MR) is 90.9 cm³/mol. The van der Waals surface area contributed by atoms with E-state index in [1.165, 1.54) is 6.07 Å². The molecule has 0 spiro atoms. The van der Waals surface area contributed by atoms with Crippen molar-refractivity contribution >= 4 is 15.7 Å². The number of anilines is 1. The Labute approximate surface area is 148 Å². The number of benzene rings is 2. The lowest BCUT2D eigenvalue weighted by Crippen LogP contribution is -2.15. The summed E-state index contributed by atoms with van der Waals surface area (Å²) < 4.78 is 56.2. The summed E-state index contributed by atoms with van der Waals surface area (Å²) in [5.41, 5.74) is 0.909. The van der Waals surface area contributed by atoms with Crippen LogP contribution in [0.1, 0.15) is 12.2 Å². The molecule has 0 saturated carbocycles. The molecule has 26 heavy (non-hydrogen) atoms. The van der Waals surface area contributed by atoms with Crippen molar-refractivity contribution in [2.45, 2.75) is 24.3 Å². The van der Waals surface area contributed by atoms with E-state index in [9.17, 15) is 17.2 Å². The normalized spacial score (nSPS) is 13.6. The summed E-state index contributed by atoms with van der Waals surface area (Å²) in [6.07, 6.45) is 1.85. The molecule has 0 bridgehead atoms. The third-order valence-electron chi connectivity index (χ3n) is 4.17. The number of nitrogens with one attached hydrogen (secondary N) is 1. The maximum absolute atomic E-state index is 13.8. The third kappa shape index (κ3) is 2.94. The highest BCUT2D eigenvalue weighted by atomic mass is 32.2. The highest BCUT2D eigenvalue weighted by Crippen LogP contribution is 2.27. The van der Waals surface area contributed by atoms with Gasteiger partial charge in [0.15, 0.2) is 5.82 Å². The second-order valence-corrected chi connectivity index (χ2v) is 7.61. The van der Waals surface area contributed by atoms with Crippen LogP contribution in [0.3, 0.4) is 0 Å². The number of nitrogens with zero attached hydrogens (tertiary/aromatic N) is 3. The van der Waals surface area contributed by atoms with Crippen molar-refractivity contribution in [2.24, 2.45) is 0 Å². The van der Waals surface area contributed by atoms with Crippen LogP contribution >= 0.6 is 0 Å². The van der Waals surface area contributed by atoms with Crippen LogP contribution in [0.2, 0.25) is 0 Å². The van der Waals surface area contributed by atoms with Crippen LogP contribution in [0, 0.1) is 11.6 Å². The Hall–Kier alpha value is -2.81. The number of aromatic nitrogens is 3. The van der Waals surface area contributed by atoms with Gasteiger partial charge in [0, 0.05) is 24.2 Å². The van der Waals surface area contributed by atoms with Gasteiger partial charge in [-0.3, -0.25) is 4.72 Å². The molecule has 1 aromatic heterocycles. The first-order valence-corrected chi connectivity index (χ1v) is 9.43. The van der Waals surface area contributed by atoms with E-state index in [0.29, 0.717) is 17.5 Å². The van der Waals surface area contributed by atoms with Crippen molar-refractivity contribution in [1.29, 1.82) is 0 Å². The summed E-state index contributed by atoms with van der Waals surface area (Å²) in [5, 5.41) is 8.28. The second-order valence-electron chi connectivity index (χ2n) is 5.96. The van der Waals surface area contributed by atoms with Gasteiger partial charge in [-0.1, -0.05) is 12.1 Å². The Balaban J connectivity index is 1.68. The maximum Gasteiger partial charge on any atom is 0.264 e. The first-order valence-electron chi connectivity index (χ1n) is 7.94. The van der Waals surface area contributed by atoms with E-state index < -0.39 is 26.6 Å². The number of aryl methyl sites for hydroxylation is 1. The number of fused-ring (bicyclic) bond motifs is 1. The Bertz CT molecular complexity index is 1100. The van der Waals surface area contributed by atoms with Crippen LogP contribution in [0.15, 0.2) is 47.4 Å². The molecule has 0 saturated heterocycles. The maximum atomic E-state index is 13.8. The molecule has 0 aliphatic carbocycles. The molecule has 4 rings (SSSR count). The molecule has 1 N–H and O–H groups in total. The number of hydrogen-bond donors (Lipinski definition) is 1. The average molecular weight is 376 g/mol. The van der Waals surface area contributed by atoms with Crippen LogP contribution in [-0.4, -0.2) is 23.2 Å². The molecule has 2 aromatic carbocycles. The number of halogens is 2. The summed E-state index contributed by atoms with van der Waals surface area (Å²) in [4.78, 5) is -0.744. The van der Waals surface area contributed by atoms with Crippen LogP contribution in [0.4, 0.5) is 14.5 Å². The molecule has 0 atom stereocenters. The van der Waals surface area contributed by atoms with Gasteiger partial charge in [0.05, 0.1) is 0 Å². The zero-order valence-electron chi connectivity index (χ0n) is 13.5. The van der Waals surface area contributed by atoms with Crippen molar-refractivity contribution in [3.63, 3.8) is 0 Å². The molecule has 1 aliphatic heterocycles. The Morgan fingerprint density at radius 1 is 1.08 bits per heavy atom. The van der Waals surface area contributed by atoms with Crippen molar-refractivity contribution in [3.8, 4) is 11.4 Å². The van der Waals surface area contributed by atoms with E-state index in [0.717, 1.165) is 37.3 Å². The van der Waals surface area contributed by atoms with Gasteiger partial charge in [-0.25, -0.2) is 17.2 Å². The highest BCUT2D eigenvalue weighted by molar-refractivity contribution is 7.92. The summed E-state index contributed by atoms with van der Waals surface area (Å²) in [6, 6.07) is 8.85. The highest BCUT2D eigenvalue weighted by Gasteiger charge is 2.22. The fourth-order valence-corrected chi connectivity index (χ4v) is 4.12. The van der Waals surface area contributed by atoms with Crippen LogP contribution < -0.4 is 4.72 Å². The summed E-state index contributed by atoms with van der Waals surface area (Å²) in [5.74, 6) is -0.312. The van der Waals surface area contributed by atoms with Gasteiger partial charge in [-0.15, -0.1) is 10.2 Å². The SMILES string of the molecule is O=S(=O)(Nc1cccc(-c2nnc3n2CCC3)c1)c1cc(F)ccc1F. The molecule has 0 unspecified atom stereocenters. The van der Waals surface area contributed by atoms with E-state index in [4.69, 9.17) is 0 Å². The van der Waals surface area contributed by atoms with Gasteiger partial charge in [0.25, 0.3) is 10.0 Å². The Morgan fingerprint density at radius 2 is 1.92 bits per heavy atom. The molecule has 134 valence electrons. The smallest absolute Gasteiger partial charge is 0.264 e. The minimum atomic E-state index is -4.27. The molecule has 9 heteroatoms. The molecule has 1 aliphatic rings. The van der Waals surface area contributed by atoms with Gasteiger partial charge >= 0.3 is 0 Å². The molecule has 2 heterocycles. The molecular formula is C17H14F2N4O2S. The van der Waals surface area contributed by atoms with Crippen LogP contribution in [0.5, 0.6) is 0 Å². The summed E-state index contributed by atoms with van der Waals surface area (Å²) in [6.45, 7) is 0.808. The molecular weight excluding hydrogens is 362 g/mol. The van der Waals surface area contributed by atoms with Gasteiger partial charge < -0.3 is 4.57 Å². The van der Waals surface area contributed by atoms with Crippen molar-refractivity contribution < 1.29 is 17.2 Å². The second kappa shape index (κ2) is 6.17. The fourth-order valence-electron chi connectivity index (χ4n) is 2.98. The van der Waals surface area contributed by atoms with E-state index in [2.05, 4.69) is 14.9 Å². The number of rotatable bonds is 4. The van der Waals surface area contributed by atoms with Gasteiger partial charge in [-0.05, 0) is 36.8 Å². The number of sulfonamides is 1. The minimum Gasteiger partial charge on any atom is -0.311 e. The van der Waals surface area contributed by atoms with Gasteiger partial charge in [0.2, 0.25) is 0 Å². The molecule has 3 aromatic rings. The zero-order chi connectivity index (χ0) is 18.3. The van der Waals surface area contributed by atoms with Crippen LogP contribution in [0.25, 0.3) is 11.4 Å². The molecule has 0 fully saturated rings. The fraction of sp³-hybridized carbons (Fsp3) is 0.176. The van der Waals surface area contributed by atoms with Crippen molar-refractivity contribution in [3.05, 3.63) is 59.9 Å². The lowest BCUT2D eigenvalue weighted by Gasteiger charge is -2.10. The third-order valence-corrected chi connectivity index (χ3v) is 5.56. The van der Waals surface area contributed by atoms with Crippen molar-refractivity contribution in [1.82, 2.24) is 14.8 Å². The lowest BCUT2D eigenvalue weighted by molar-refractivity contribution is 0.555. The summed E-state index contributed by atoms with van der Waals surface area (Å²) in [7, 11) is -4.27.